The molecule has 9 heteroatoms. The van der Waals surface area contributed by atoms with Gasteiger partial charge in [-0.1, -0.05) is 18.2 Å². The molecule has 1 N–H and O–H groups in total. The number of methoxy groups -OCH3 is 1. The average Bonchev–Trinajstić information content (AvgIpc) is 2.84. The van der Waals surface area contributed by atoms with Crippen LogP contribution < -0.4 is 19.4 Å². The van der Waals surface area contributed by atoms with E-state index in [-0.39, 0.29) is 23.8 Å². The van der Waals surface area contributed by atoms with Crippen molar-refractivity contribution in [2.45, 2.75) is 13.0 Å². The van der Waals surface area contributed by atoms with Crippen molar-refractivity contribution in [3.8, 4) is 6.01 Å². The van der Waals surface area contributed by atoms with E-state index in [9.17, 15) is 4.79 Å². The highest BCUT2D eigenvalue weighted by molar-refractivity contribution is 6.28. The maximum Gasteiger partial charge on any atom is 0.322 e. The first kappa shape index (κ1) is 16.6. The minimum atomic E-state index is -0.616. The number of benzene rings is 1. The molecular weight excluding hydrogens is 322 g/mol. The van der Waals surface area contributed by atoms with Crippen LogP contribution in [0.1, 0.15) is 6.92 Å². The Labute approximate surface area is 145 Å². The summed E-state index contributed by atoms with van der Waals surface area (Å²) in [5.41, 5.74) is 0.626. The van der Waals surface area contributed by atoms with Crippen molar-refractivity contribution in [3.63, 3.8) is 0 Å². The highest BCUT2D eigenvalue weighted by atomic mass is 16.5. The van der Waals surface area contributed by atoms with Crippen molar-refractivity contribution in [3.05, 3.63) is 30.3 Å². The lowest BCUT2D eigenvalue weighted by Gasteiger charge is -2.21. The van der Waals surface area contributed by atoms with Gasteiger partial charge < -0.3 is 9.64 Å². The first-order valence-corrected chi connectivity index (χ1v) is 7.68. The van der Waals surface area contributed by atoms with Crippen molar-refractivity contribution < 1.29 is 9.53 Å². The Hall–Kier alpha value is -3.23. The van der Waals surface area contributed by atoms with E-state index >= 15 is 0 Å². The maximum atomic E-state index is 12.7. The Balaban J connectivity index is 2.05. The second-order valence-corrected chi connectivity index (χ2v) is 5.70. The molecule has 9 nitrogen and oxygen atoms in total. The number of guanidine groups is 1. The van der Waals surface area contributed by atoms with Crippen LogP contribution in [0.3, 0.4) is 0 Å². The smallest absolute Gasteiger partial charge is 0.322 e. The number of ether oxygens (including phenoxy) is 1. The van der Waals surface area contributed by atoms with Crippen LogP contribution >= 0.6 is 0 Å². The molecule has 1 saturated heterocycles. The Morgan fingerprint density at radius 1 is 1.16 bits per heavy atom. The van der Waals surface area contributed by atoms with Gasteiger partial charge in [-0.05, 0) is 19.1 Å². The van der Waals surface area contributed by atoms with Crippen molar-refractivity contribution in [2.24, 2.45) is 0 Å². The van der Waals surface area contributed by atoms with Crippen LogP contribution in [0.5, 0.6) is 6.01 Å². The molecule has 0 bridgehead atoms. The van der Waals surface area contributed by atoms with Crippen LogP contribution in [0.4, 0.5) is 17.6 Å². The molecule has 1 aromatic carbocycles. The summed E-state index contributed by atoms with van der Waals surface area (Å²) in [6, 6.07) is 8.56. The molecule has 1 amide bonds. The van der Waals surface area contributed by atoms with Gasteiger partial charge in [0.1, 0.15) is 6.04 Å². The number of carbonyl (C=O) groups is 1. The molecule has 1 unspecified atom stereocenters. The standard InChI is InChI=1S/C16H19N7O2/c1-10-12(24)23(11-8-6-5-7-9-11)13(17)22(10)15-18-14(21(2)3)19-16(20-15)25-4/h5-10,17H,1-4H3. The molecule has 1 fully saturated rings. The van der Waals surface area contributed by atoms with E-state index in [0.29, 0.717) is 11.6 Å². The largest absolute Gasteiger partial charge is 0.467 e. The zero-order valence-corrected chi connectivity index (χ0v) is 14.5. The summed E-state index contributed by atoms with van der Waals surface area (Å²) in [5, 5.41) is 8.48. The Kier molecular flexibility index (Phi) is 4.22. The predicted molar refractivity (Wildman–Crippen MR) is 94.3 cm³/mol. The van der Waals surface area contributed by atoms with Gasteiger partial charge in [-0.2, -0.15) is 15.0 Å². The number of amides is 1. The molecule has 0 spiro atoms. The van der Waals surface area contributed by atoms with E-state index < -0.39 is 6.04 Å². The quantitative estimate of drug-likeness (QED) is 0.890. The monoisotopic (exact) mass is 341 g/mol. The van der Waals surface area contributed by atoms with Crippen LogP contribution in [0.2, 0.25) is 0 Å². The number of para-hydroxylation sites is 1. The van der Waals surface area contributed by atoms with Crippen LogP contribution in [0.25, 0.3) is 0 Å². The van der Waals surface area contributed by atoms with Gasteiger partial charge in [0.05, 0.1) is 12.8 Å². The van der Waals surface area contributed by atoms with Crippen LogP contribution in [0, 0.1) is 5.41 Å². The van der Waals surface area contributed by atoms with Gasteiger partial charge in [0, 0.05) is 14.1 Å². The summed E-state index contributed by atoms with van der Waals surface area (Å²) >= 11 is 0. The molecule has 2 aromatic rings. The predicted octanol–water partition coefficient (Wildman–Crippen LogP) is 1.12. The minimum absolute atomic E-state index is 0.0124. The average molecular weight is 341 g/mol. The molecule has 1 aliphatic rings. The number of aromatic nitrogens is 3. The number of anilines is 3. The van der Waals surface area contributed by atoms with E-state index in [4.69, 9.17) is 10.1 Å². The topological polar surface area (TPSA) is 98.5 Å². The van der Waals surface area contributed by atoms with E-state index in [1.165, 1.54) is 16.9 Å². The number of carbonyl (C=O) groups excluding carboxylic acids is 1. The molecular formula is C16H19N7O2. The Bertz CT molecular complexity index is 809. The molecule has 1 atom stereocenters. The fourth-order valence-electron chi connectivity index (χ4n) is 2.52. The molecule has 3 rings (SSSR count). The normalized spacial score (nSPS) is 17.2. The third-order valence-electron chi connectivity index (χ3n) is 3.81. The molecule has 130 valence electrons. The molecule has 2 heterocycles. The lowest BCUT2D eigenvalue weighted by Crippen LogP contribution is -2.36. The maximum absolute atomic E-state index is 12.7. The van der Waals surface area contributed by atoms with E-state index in [1.54, 1.807) is 38.1 Å². The van der Waals surface area contributed by atoms with Crippen molar-refractivity contribution in [2.75, 3.05) is 35.9 Å². The molecule has 0 saturated carbocycles. The zero-order chi connectivity index (χ0) is 18.1. The van der Waals surface area contributed by atoms with Crippen LogP contribution in [-0.4, -0.2) is 54.1 Å². The van der Waals surface area contributed by atoms with Gasteiger partial charge >= 0.3 is 6.01 Å². The second kappa shape index (κ2) is 6.34. The number of nitrogens with one attached hydrogen (secondary N) is 1. The lowest BCUT2D eigenvalue weighted by molar-refractivity contribution is -0.117. The highest BCUT2D eigenvalue weighted by Crippen LogP contribution is 2.28. The van der Waals surface area contributed by atoms with Gasteiger partial charge in [-0.25, -0.2) is 4.90 Å². The van der Waals surface area contributed by atoms with Gasteiger partial charge in [0.25, 0.3) is 5.91 Å². The van der Waals surface area contributed by atoms with Gasteiger partial charge in [0.2, 0.25) is 17.9 Å². The van der Waals surface area contributed by atoms with Gasteiger partial charge in [0.15, 0.2) is 0 Å². The third-order valence-corrected chi connectivity index (χ3v) is 3.81. The number of nitrogens with zero attached hydrogens (tertiary/aromatic N) is 6. The van der Waals surface area contributed by atoms with E-state index in [0.717, 1.165) is 0 Å². The van der Waals surface area contributed by atoms with E-state index in [2.05, 4.69) is 15.0 Å². The summed E-state index contributed by atoms with van der Waals surface area (Å²) in [6.45, 7) is 1.71. The molecule has 0 radical (unpaired) electrons. The SMILES string of the molecule is COc1nc(N(C)C)nc(N2C(=N)N(c3ccccc3)C(=O)C2C)n1. The van der Waals surface area contributed by atoms with Gasteiger partial charge in [-0.3, -0.25) is 15.1 Å². The summed E-state index contributed by atoms with van der Waals surface area (Å²) in [6.07, 6.45) is 0. The second-order valence-electron chi connectivity index (χ2n) is 5.70. The summed E-state index contributed by atoms with van der Waals surface area (Å²) in [7, 11) is 5.04. The lowest BCUT2D eigenvalue weighted by atomic mass is 10.2. The molecule has 1 aromatic heterocycles. The summed E-state index contributed by atoms with van der Waals surface area (Å²) < 4.78 is 5.13. The fourth-order valence-corrected chi connectivity index (χ4v) is 2.52. The molecule has 0 aliphatic carbocycles. The number of hydrogen-bond donors (Lipinski definition) is 1. The van der Waals surface area contributed by atoms with Crippen LogP contribution in [-0.2, 0) is 4.79 Å². The van der Waals surface area contributed by atoms with E-state index in [1.807, 2.05) is 18.2 Å². The van der Waals surface area contributed by atoms with Crippen LogP contribution in [0.15, 0.2) is 30.3 Å². The Morgan fingerprint density at radius 2 is 1.84 bits per heavy atom. The molecule has 1 aliphatic heterocycles. The van der Waals surface area contributed by atoms with Gasteiger partial charge in [-0.15, -0.1) is 0 Å². The minimum Gasteiger partial charge on any atom is -0.467 e. The number of hydrogen-bond acceptors (Lipinski definition) is 7. The molecule has 25 heavy (non-hydrogen) atoms. The zero-order valence-electron chi connectivity index (χ0n) is 14.5. The first-order chi connectivity index (χ1) is 11.9. The summed E-state index contributed by atoms with van der Waals surface area (Å²) in [5.74, 6) is 0.343. The first-order valence-electron chi connectivity index (χ1n) is 7.68. The summed E-state index contributed by atoms with van der Waals surface area (Å²) in [4.78, 5) is 29.9. The van der Waals surface area contributed by atoms with Crippen molar-refractivity contribution >= 4 is 29.5 Å². The Morgan fingerprint density at radius 3 is 2.44 bits per heavy atom. The van der Waals surface area contributed by atoms with Crippen molar-refractivity contribution in [1.82, 2.24) is 15.0 Å². The third kappa shape index (κ3) is 2.84. The highest BCUT2D eigenvalue weighted by Gasteiger charge is 2.43. The number of rotatable bonds is 4. The van der Waals surface area contributed by atoms with Crippen molar-refractivity contribution in [1.29, 1.82) is 5.41 Å². The fraction of sp³-hybridized carbons (Fsp3) is 0.312.